The van der Waals surface area contributed by atoms with Crippen molar-refractivity contribution in [1.82, 2.24) is 0 Å². The minimum absolute atomic E-state index is 0.165. The number of hydrogen-bond acceptors (Lipinski definition) is 2. The monoisotopic (exact) mass is 159 g/mol. The minimum Gasteiger partial charge on any atom is -0.481 e. The number of carboxylic acids is 1. The number of rotatable bonds is 6. The Balaban J connectivity index is 3.44. The zero-order chi connectivity index (χ0) is 8.69. The zero-order valence-corrected chi connectivity index (χ0v) is 7.05. The topological polar surface area (TPSA) is 63.3 Å². The molecule has 66 valence electrons. The molecule has 0 amide bonds. The van der Waals surface area contributed by atoms with Gasteiger partial charge in [-0.25, -0.2) is 0 Å². The number of hydrogen-bond donors (Lipinski definition) is 2. The third-order valence-electron chi connectivity index (χ3n) is 1.85. The summed E-state index contributed by atoms with van der Waals surface area (Å²) >= 11 is 0. The van der Waals surface area contributed by atoms with Gasteiger partial charge < -0.3 is 10.8 Å². The van der Waals surface area contributed by atoms with Crippen LogP contribution in [0.5, 0.6) is 0 Å². The van der Waals surface area contributed by atoms with Crippen molar-refractivity contribution in [2.24, 2.45) is 11.7 Å². The minimum atomic E-state index is -0.676. The highest BCUT2D eigenvalue weighted by Gasteiger charge is 2.13. The summed E-state index contributed by atoms with van der Waals surface area (Å²) in [4.78, 5) is 10.5. The predicted molar refractivity (Wildman–Crippen MR) is 44.3 cm³/mol. The van der Waals surface area contributed by atoms with Gasteiger partial charge in [0.2, 0.25) is 0 Å². The van der Waals surface area contributed by atoms with Gasteiger partial charge in [-0.2, -0.15) is 0 Å². The summed E-state index contributed by atoms with van der Waals surface area (Å²) in [5.74, 6) is -0.842. The molecule has 11 heavy (non-hydrogen) atoms. The van der Waals surface area contributed by atoms with Gasteiger partial charge in [-0.3, -0.25) is 4.79 Å². The smallest absolute Gasteiger partial charge is 0.306 e. The van der Waals surface area contributed by atoms with Crippen LogP contribution in [0.1, 0.15) is 32.6 Å². The van der Waals surface area contributed by atoms with Crippen LogP contribution in [0.4, 0.5) is 0 Å². The van der Waals surface area contributed by atoms with E-state index in [2.05, 4.69) is 0 Å². The number of carbonyl (C=O) groups is 1. The van der Waals surface area contributed by atoms with Gasteiger partial charge in [0.1, 0.15) is 0 Å². The molecule has 0 radical (unpaired) electrons. The average Bonchev–Trinajstić information content (AvgIpc) is 1.97. The summed E-state index contributed by atoms with van der Waals surface area (Å²) < 4.78 is 0. The van der Waals surface area contributed by atoms with E-state index >= 15 is 0 Å². The second-order valence-corrected chi connectivity index (χ2v) is 2.73. The van der Waals surface area contributed by atoms with Crippen LogP contribution in [0.2, 0.25) is 0 Å². The SMILES string of the molecule is CCC(CCCCN)C(=O)O. The lowest BCUT2D eigenvalue weighted by Gasteiger charge is -2.07. The molecule has 3 heteroatoms. The first-order valence-corrected chi connectivity index (χ1v) is 4.15. The molecule has 0 aliphatic carbocycles. The normalized spacial score (nSPS) is 12.9. The molecule has 0 rings (SSSR count). The number of aliphatic carboxylic acids is 1. The molecule has 1 atom stereocenters. The first-order chi connectivity index (χ1) is 5.22. The molecule has 0 aliphatic heterocycles. The van der Waals surface area contributed by atoms with Crippen molar-refractivity contribution in [2.45, 2.75) is 32.6 Å². The lowest BCUT2D eigenvalue weighted by molar-refractivity contribution is -0.142. The maximum atomic E-state index is 10.5. The van der Waals surface area contributed by atoms with Crippen molar-refractivity contribution in [1.29, 1.82) is 0 Å². The fraction of sp³-hybridized carbons (Fsp3) is 0.875. The van der Waals surface area contributed by atoms with Gasteiger partial charge in [0, 0.05) is 0 Å². The first-order valence-electron chi connectivity index (χ1n) is 4.15. The Morgan fingerprint density at radius 1 is 1.55 bits per heavy atom. The van der Waals surface area contributed by atoms with E-state index in [0.717, 1.165) is 25.7 Å². The van der Waals surface area contributed by atoms with Crippen molar-refractivity contribution in [3.63, 3.8) is 0 Å². The van der Waals surface area contributed by atoms with Crippen molar-refractivity contribution < 1.29 is 9.90 Å². The van der Waals surface area contributed by atoms with Crippen LogP contribution in [-0.4, -0.2) is 17.6 Å². The molecule has 3 nitrogen and oxygen atoms in total. The van der Waals surface area contributed by atoms with Gasteiger partial charge in [-0.05, 0) is 25.8 Å². The van der Waals surface area contributed by atoms with Gasteiger partial charge in [0.15, 0.2) is 0 Å². The highest BCUT2D eigenvalue weighted by molar-refractivity contribution is 5.69. The third-order valence-corrected chi connectivity index (χ3v) is 1.85. The summed E-state index contributed by atoms with van der Waals surface area (Å²) in [6, 6.07) is 0. The summed E-state index contributed by atoms with van der Waals surface area (Å²) in [6.45, 7) is 2.57. The van der Waals surface area contributed by atoms with Crippen molar-refractivity contribution in [3.8, 4) is 0 Å². The Labute approximate surface area is 67.6 Å². The van der Waals surface area contributed by atoms with Crippen molar-refractivity contribution >= 4 is 5.97 Å². The molecule has 0 aliphatic rings. The summed E-state index contributed by atoms with van der Waals surface area (Å²) in [5.41, 5.74) is 5.28. The van der Waals surface area contributed by atoms with Crippen LogP contribution in [0.25, 0.3) is 0 Å². The van der Waals surface area contributed by atoms with E-state index in [4.69, 9.17) is 10.8 Å². The van der Waals surface area contributed by atoms with Crippen LogP contribution in [-0.2, 0) is 4.79 Å². The fourth-order valence-electron chi connectivity index (χ4n) is 1.04. The van der Waals surface area contributed by atoms with Gasteiger partial charge in [0.25, 0.3) is 0 Å². The molecule has 0 bridgehead atoms. The number of unbranched alkanes of at least 4 members (excludes halogenated alkanes) is 1. The second-order valence-electron chi connectivity index (χ2n) is 2.73. The molecule has 0 aromatic heterocycles. The van der Waals surface area contributed by atoms with Gasteiger partial charge >= 0.3 is 5.97 Å². The van der Waals surface area contributed by atoms with E-state index in [1.54, 1.807) is 0 Å². The van der Waals surface area contributed by atoms with E-state index < -0.39 is 5.97 Å². The van der Waals surface area contributed by atoms with Crippen LogP contribution in [0.3, 0.4) is 0 Å². The predicted octanol–water partition coefficient (Wildman–Crippen LogP) is 1.23. The molecule has 0 spiro atoms. The number of carboxylic acid groups (broad SMARTS) is 1. The van der Waals surface area contributed by atoms with Crippen molar-refractivity contribution in [2.75, 3.05) is 6.54 Å². The van der Waals surface area contributed by atoms with Crippen LogP contribution in [0, 0.1) is 5.92 Å². The highest BCUT2D eigenvalue weighted by Crippen LogP contribution is 2.11. The van der Waals surface area contributed by atoms with E-state index in [0.29, 0.717) is 6.54 Å². The molecule has 3 N–H and O–H groups in total. The molecule has 0 aromatic rings. The summed E-state index contributed by atoms with van der Waals surface area (Å²) in [5, 5.41) is 8.64. The standard InChI is InChI=1S/C8H17NO2/c1-2-7(8(10)11)5-3-4-6-9/h7H,2-6,9H2,1H3,(H,10,11). The lowest BCUT2D eigenvalue weighted by atomic mass is 10.00. The maximum Gasteiger partial charge on any atom is 0.306 e. The fourth-order valence-corrected chi connectivity index (χ4v) is 1.04. The van der Waals surface area contributed by atoms with E-state index in [1.165, 1.54) is 0 Å². The molecule has 0 saturated carbocycles. The lowest BCUT2D eigenvalue weighted by Crippen LogP contribution is -2.12. The third kappa shape index (κ3) is 4.79. The van der Waals surface area contributed by atoms with Gasteiger partial charge in [-0.15, -0.1) is 0 Å². The van der Waals surface area contributed by atoms with Crippen molar-refractivity contribution in [3.05, 3.63) is 0 Å². The Hall–Kier alpha value is -0.570. The first kappa shape index (κ1) is 10.4. The second kappa shape index (κ2) is 6.16. The molecule has 1 unspecified atom stereocenters. The maximum absolute atomic E-state index is 10.5. The van der Waals surface area contributed by atoms with E-state index in [-0.39, 0.29) is 5.92 Å². The molecule has 0 heterocycles. The Bertz CT molecular complexity index is 115. The van der Waals surface area contributed by atoms with E-state index in [9.17, 15) is 4.79 Å². The average molecular weight is 159 g/mol. The molecular weight excluding hydrogens is 142 g/mol. The zero-order valence-electron chi connectivity index (χ0n) is 7.05. The van der Waals surface area contributed by atoms with Gasteiger partial charge in [-0.1, -0.05) is 13.3 Å². The number of nitrogens with two attached hydrogens (primary N) is 1. The Kier molecular flexibility index (Phi) is 5.84. The van der Waals surface area contributed by atoms with Crippen LogP contribution in [0.15, 0.2) is 0 Å². The summed E-state index contributed by atoms with van der Waals surface area (Å²) in [6.07, 6.45) is 3.36. The highest BCUT2D eigenvalue weighted by atomic mass is 16.4. The van der Waals surface area contributed by atoms with Gasteiger partial charge in [0.05, 0.1) is 5.92 Å². The molecule has 0 saturated heterocycles. The summed E-state index contributed by atoms with van der Waals surface area (Å²) in [7, 11) is 0. The molecule has 0 aromatic carbocycles. The van der Waals surface area contributed by atoms with E-state index in [1.807, 2.05) is 6.92 Å². The Morgan fingerprint density at radius 2 is 2.18 bits per heavy atom. The van der Waals surface area contributed by atoms with Crippen LogP contribution >= 0.6 is 0 Å². The molecule has 0 fully saturated rings. The Morgan fingerprint density at radius 3 is 2.55 bits per heavy atom. The quantitative estimate of drug-likeness (QED) is 0.573. The molecular formula is C8H17NO2. The largest absolute Gasteiger partial charge is 0.481 e. The van der Waals surface area contributed by atoms with Crippen LogP contribution < -0.4 is 5.73 Å².